The van der Waals surface area contributed by atoms with Crippen molar-refractivity contribution in [3.05, 3.63) is 70.1 Å². The van der Waals surface area contributed by atoms with Crippen LogP contribution in [-0.2, 0) is 16.1 Å². The van der Waals surface area contributed by atoms with Gasteiger partial charge in [0.1, 0.15) is 12.4 Å². The Morgan fingerprint density at radius 1 is 1.15 bits per heavy atom. The first-order valence-electron chi connectivity index (χ1n) is 8.16. The van der Waals surface area contributed by atoms with Crippen LogP contribution in [0.3, 0.4) is 0 Å². The zero-order chi connectivity index (χ0) is 19.4. The predicted octanol–water partition coefficient (Wildman–Crippen LogP) is 2.36. The molecule has 6 nitrogen and oxygen atoms in total. The molecule has 1 saturated heterocycles. The quantitative estimate of drug-likeness (QED) is 0.713. The summed E-state index contributed by atoms with van der Waals surface area (Å²) in [5.41, 5.74) is 2.47. The van der Waals surface area contributed by atoms with Gasteiger partial charge in [-0.3, -0.25) is 14.5 Å². The largest absolute Gasteiger partial charge is 0.546 e. The van der Waals surface area contributed by atoms with Crippen molar-refractivity contribution in [3.63, 3.8) is 0 Å². The molecule has 0 bridgehead atoms. The van der Waals surface area contributed by atoms with Gasteiger partial charge in [0.2, 0.25) is 0 Å². The van der Waals surface area contributed by atoms with Crippen LogP contribution in [0.25, 0.3) is 6.08 Å². The topological polar surface area (TPSA) is 86.7 Å². The number of benzene rings is 2. The number of carbonyl (C=O) groups excluding carboxylic acids is 3. The smallest absolute Gasteiger partial charge is 0.293 e. The predicted molar refractivity (Wildman–Crippen MR) is 99.6 cm³/mol. The van der Waals surface area contributed by atoms with Crippen molar-refractivity contribution in [2.75, 3.05) is 6.61 Å². The summed E-state index contributed by atoms with van der Waals surface area (Å²) in [7, 11) is 0. The lowest BCUT2D eigenvalue weighted by atomic mass is 10.1. The molecule has 0 aromatic heterocycles. The van der Waals surface area contributed by atoms with Crippen molar-refractivity contribution < 1.29 is 24.2 Å². The average Bonchev–Trinajstić information content (AvgIpc) is 2.90. The lowest BCUT2D eigenvalue weighted by molar-refractivity contribution is -0.307. The highest BCUT2D eigenvalue weighted by Crippen LogP contribution is 2.34. The van der Waals surface area contributed by atoms with Crippen molar-refractivity contribution in [2.45, 2.75) is 13.5 Å². The van der Waals surface area contributed by atoms with Crippen molar-refractivity contribution >= 4 is 35.0 Å². The van der Waals surface area contributed by atoms with Crippen LogP contribution < -0.4 is 9.84 Å². The van der Waals surface area contributed by atoms with E-state index in [0.717, 1.165) is 22.9 Å². The van der Waals surface area contributed by atoms with Crippen molar-refractivity contribution in [2.24, 2.45) is 0 Å². The fourth-order valence-corrected chi connectivity index (χ4v) is 3.35. The fraction of sp³-hybridized carbons (Fsp3) is 0.150. The Morgan fingerprint density at radius 3 is 2.56 bits per heavy atom. The number of hydrogen-bond donors (Lipinski definition) is 0. The SMILES string of the molecule is Cc1ccc(CN2C(=O)S/C(=C\c3ccccc3OCC(=O)[O-])C2=O)cc1. The standard InChI is InChI=1S/C20H17NO5S/c1-13-6-8-14(9-7-13)11-21-19(24)17(27-20(21)25)10-15-4-2-3-5-16(15)26-12-18(22)23/h2-10H,11-12H2,1H3,(H,22,23)/p-1/b17-10-. The average molecular weight is 382 g/mol. The first-order valence-corrected chi connectivity index (χ1v) is 8.98. The van der Waals surface area contributed by atoms with Crippen molar-refractivity contribution in [1.29, 1.82) is 0 Å². The molecule has 7 heteroatoms. The zero-order valence-electron chi connectivity index (χ0n) is 14.5. The van der Waals surface area contributed by atoms with Crippen LogP contribution >= 0.6 is 11.8 Å². The van der Waals surface area contributed by atoms with Gasteiger partial charge in [-0.25, -0.2) is 0 Å². The number of imide groups is 1. The van der Waals surface area contributed by atoms with Gasteiger partial charge in [0.05, 0.1) is 17.4 Å². The summed E-state index contributed by atoms with van der Waals surface area (Å²) in [5.74, 6) is -1.43. The molecule has 0 atom stereocenters. The molecule has 0 N–H and O–H groups in total. The molecule has 0 aliphatic carbocycles. The van der Waals surface area contributed by atoms with E-state index in [1.54, 1.807) is 24.3 Å². The van der Waals surface area contributed by atoms with Crippen LogP contribution in [0.4, 0.5) is 4.79 Å². The third kappa shape index (κ3) is 4.57. The van der Waals surface area contributed by atoms with Crippen molar-refractivity contribution in [3.8, 4) is 5.75 Å². The number of aliphatic carboxylic acids is 1. The highest BCUT2D eigenvalue weighted by Gasteiger charge is 2.35. The number of carboxylic acid groups (broad SMARTS) is 1. The molecular weight excluding hydrogens is 366 g/mol. The molecule has 0 unspecified atom stereocenters. The molecular formula is C20H16NO5S-. The lowest BCUT2D eigenvalue weighted by Gasteiger charge is -2.12. The van der Waals surface area contributed by atoms with Crippen LogP contribution in [0.2, 0.25) is 0 Å². The van der Waals surface area contributed by atoms with Gasteiger partial charge in [-0.05, 0) is 36.4 Å². The number of rotatable bonds is 6. The summed E-state index contributed by atoms with van der Waals surface area (Å²) >= 11 is 0.846. The summed E-state index contributed by atoms with van der Waals surface area (Å²) in [5, 5.41) is 10.3. The van der Waals surface area contributed by atoms with Gasteiger partial charge < -0.3 is 14.6 Å². The second-order valence-electron chi connectivity index (χ2n) is 5.95. The minimum atomic E-state index is -1.34. The number of amides is 2. The second-order valence-corrected chi connectivity index (χ2v) is 6.95. The molecule has 1 fully saturated rings. The number of hydrogen-bond acceptors (Lipinski definition) is 6. The molecule has 138 valence electrons. The van der Waals surface area contributed by atoms with E-state index in [4.69, 9.17) is 4.74 Å². The number of carboxylic acids is 1. The normalized spacial score (nSPS) is 15.4. The van der Waals surface area contributed by atoms with Crippen LogP contribution in [-0.4, -0.2) is 28.6 Å². The van der Waals surface area contributed by atoms with Gasteiger partial charge in [0, 0.05) is 5.56 Å². The van der Waals surface area contributed by atoms with E-state index in [2.05, 4.69) is 0 Å². The molecule has 1 heterocycles. The van der Waals surface area contributed by atoms with E-state index in [0.29, 0.717) is 11.3 Å². The molecule has 2 amide bonds. The second kappa shape index (κ2) is 8.09. The van der Waals surface area contributed by atoms with E-state index in [-0.39, 0.29) is 22.6 Å². The van der Waals surface area contributed by atoms with Crippen LogP contribution in [0, 0.1) is 6.92 Å². The minimum absolute atomic E-state index is 0.200. The number of aryl methyl sites for hydroxylation is 1. The van der Waals surface area contributed by atoms with Crippen LogP contribution in [0.1, 0.15) is 16.7 Å². The number of ether oxygens (including phenoxy) is 1. The third-order valence-electron chi connectivity index (χ3n) is 3.89. The molecule has 1 aliphatic heterocycles. The molecule has 2 aromatic rings. The van der Waals surface area contributed by atoms with E-state index in [1.165, 1.54) is 11.0 Å². The third-order valence-corrected chi connectivity index (χ3v) is 4.79. The van der Waals surface area contributed by atoms with Gasteiger partial charge in [-0.15, -0.1) is 0 Å². The van der Waals surface area contributed by atoms with Gasteiger partial charge in [-0.1, -0.05) is 48.0 Å². The van der Waals surface area contributed by atoms with E-state index >= 15 is 0 Å². The van der Waals surface area contributed by atoms with Crippen LogP contribution in [0.5, 0.6) is 5.75 Å². The Balaban J connectivity index is 1.80. The highest BCUT2D eigenvalue weighted by molar-refractivity contribution is 8.18. The Kier molecular flexibility index (Phi) is 5.61. The van der Waals surface area contributed by atoms with E-state index < -0.39 is 12.6 Å². The summed E-state index contributed by atoms with van der Waals surface area (Å²) in [6.07, 6.45) is 1.53. The molecule has 0 radical (unpaired) electrons. The van der Waals surface area contributed by atoms with Crippen molar-refractivity contribution in [1.82, 2.24) is 4.90 Å². The first kappa shape index (κ1) is 18.7. The van der Waals surface area contributed by atoms with E-state index in [1.807, 2.05) is 31.2 Å². The molecule has 0 spiro atoms. The Bertz CT molecular complexity index is 920. The van der Waals surface area contributed by atoms with Gasteiger partial charge in [-0.2, -0.15) is 0 Å². The molecule has 3 rings (SSSR count). The van der Waals surface area contributed by atoms with Crippen LogP contribution in [0.15, 0.2) is 53.4 Å². The summed E-state index contributed by atoms with van der Waals surface area (Å²) in [4.78, 5) is 37.0. The maximum atomic E-state index is 12.6. The van der Waals surface area contributed by atoms with E-state index in [9.17, 15) is 19.5 Å². The fourth-order valence-electron chi connectivity index (χ4n) is 2.52. The number of nitrogens with zero attached hydrogens (tertiary/aromatic N) is 1. The lowest BCUT2D eigenvalue weighted by Crippen LogP contribution is -2.29. The Labute approximate surface area is 160 Å². The molecule has 27 heavy (non-hydrogen) atoms. The summed E-state index contributed by atoms with van der Waals surface area (Å²) in [6.45, 7) is 1.57. The summed E-state index contributed by atoms with van der Waals surface area (Å²) in [6, 6.07) is 14.3. The number of thioether (sulfide) groups is 1. The maximum Gasteiger partial charge on any atom is 0.293 e. The molecule has 2 aromatic carbocycles. The highest BCUT2D eigenvalue weighted by atomic mass is 32.2. The molecule has 0 saturated carbocycles. The number of carbonyl (C=O) groups is 3. The molecule has 1 aliphatic rings. The Morgan fingerprint density at radius 2 is 1.85 bits per heavy atom. The minimum Gasteiger partial charge on any atom is -0.546 e. The van der Waals surface area contributed by atoms with Gasteiger partial charge in [0.15, 0.2) is 0 Å². The maximum absolute atomic E-state index is 12.6. The monoisotopic (exact) mass is 382 g/mol. The summed E-state index contributed by atoms with van der Waals surface area (Å²) < 4.78 is 5.18. The van der Waals surface area contributed by atoms with Gasteiger partial charge >= 0.3 is 0 Å². The number of para-hydroxylation sites is 1. The first-order chi connectivity index (χ1) is 12.9. The Hall–Kier alpha value is -3.06. The van der Waals surface area contributed by atoms with Gasteiger partial charge in [0.25, 0.3) is 11.1 Å². The zero-order valence-corrected chi connectivity index (χ0v) is 15.3.